The molecule has 104 heavy (non-hydrogen) atoms. The minimum Gasteiger partial charge on any atom is -0.344 e. The fourth-order valence-corrected chi connectivity index (χ4v) is 14.4. The number of carbonyl (C=O) groups excluding carboxylic acids is 4. The van der Waals surface area contributed by atoms with Crippen LogP contribution in [0.4, 0.5) is 28.6 Å². The number of nitrogens with one attached hydrogen (secondary N) is 8. The van der Waals surface area contributed by atoms with E-state index in [1.807, 2.05) is 50.2 Å². The van der Waals surface area contributed by atoms with E-state index >= 15 is 13.2 Å². The maximum Gasteiger partial charge on any atom is 0.270 e. The van der Waals surface area contributed by atoms with Gasteiger partial charge in [-0.15, -0.1) is 16.4 Å². The normalized spacial score (nSPS) is 12.0. The average Bonchev–Trinajstić information content (AvgIpc) is 1.46. The number of rotatable bonds is 15. The highest BCUT2D eigenvalue weighted by Gasteiger charge is 2.28. The Kier molecular flexibility index (Phi) is 23.5. The number of carbonyl (C=O) groups is 4. The van der Waals surface area contributed by atoms with Gasteiger partial charge in [0.2, 0.25) is 0 Å². The van der Waals surface area contributed by atoms with E-state index < -0.39 is 35.1 Å². The van der Waals surface area contributed by atoms with E-state index in [2.05, 4.69) is 129 Å². The number of halogens is 10. The van der Waals surface area contributed by atoms with Crippen molar-refractivity contribution in [2.45, 2.75) is 52.9 Å². The number of ketones is 1. The first-order valence-corrected chi connectivity index (χ1v) is 36.2. The van der Waals surface area contributed by atoms with Gasteiger partial charge in [-0.2, -0.15) is 5.21 Å². The molecule has 21 nitrogen and oxygen atoms in total. The molecule has 1 aliphatic rings. The molecule has 0 atom stereocenters. The average molecular weight is 1680 g/mol. The number of hydrogen-bond acceptors (Lipinski definition) is 14. The van der Waals surface area contributed by atoms with Crippen LogP contribution in [-0.4, -0.2) is 120 Å². The monoisotopic (exact) mass is 1670 g/mol. The number of Topliss-reactive ketones (excluding diaryl/α,β-unsaturated/α-hetero) is 1. The van der Waals surface area contributed by atoms with E-state index in [-0.39, 0.29) is 74.8 Å². The smallest absolute Gasteiger partial charge is 0.270 e. The lowest BCUT2D eigenvalue weighted by atomic mass is 9.93. The molecule has 0 radical (unpaired) electrons. The summed E-state index contributed by atoms with van der Waals surface area (Å²) in [6.45, 7) is 8.44. The second-order valence-electron chi connectivity index (χ2n) is 23.7. The summed E-state index contributed by atoms with van der Waals surface area (Å²) in [6, 6.07) is 28.5. The summed E-state index contributed by atoms with van der Waals surface area (Å²) < 4.78 is 63.1. The van der Waals surface area contributed by atoms with Gasteiger partial charge in [0.1, 0.15) is 22.1 Å². The lowest BCUT2D eigenvalue weighted by Gasteiger charge is -2.28. The number of thiazole rings is 1. The summed E-state index contributed by atoms with van der Waals surface area (Å²) >= 11 is 30.0. The molecule has 7 heterocycles. The molecule has 0 aliphatic carbocycles. The van der Waals surface area contributed by atoms with Gasteiger partial charge in [-0.1, -0.05) is 119 Å². The van der Waals surface area contributed by atoms with Gasteiger partial charge in [0, 0.05) is 143 Å². The van der Waals surface area contributed by atoms with Crippen LogP contribution >= 0.6 is 93.9 Å². The SMILES string of the molecule is CCC(=O)c1cc2[nH]cnc2c(F)c1Cc1ccc(Cl)cc1C.Cc1cc(Br)ccc1Cc1c(C(=O)N2CCNCC2)cc2[nH]cnc2c1F.O=C(Nc1nccs1)c1cc2[nH]cnc2c(F)c1Cc1ccc(Br)cc1Cl.O=C(Nc1nn[nH]n1)c1cc2[nH]cnc2c(F)c1Cc1ccc(Br)cc1Cl. The molecule has 8 aromatic carbocycles. The van der Waals surface area contributed by atoms with Crippen molar-refractivity contribution in [2.75, 3.05) is 36.8 Å². The Morgan fingerprint density at radius 1 is 0.529 bits per heavy atom. The molecule has 0 spiro atoms. The molecule has 530 valence electrons. The Hall–Kier alpha value is -9.59. The van der Waals surface area contributed by atoms with Crippen LogP contribution in [-0.2, 0) is 25.7 Å². The first kappa shape index (κ1) is 74.1. The zero-order valence-corrected chi connectivity index (χ0v) is 62.8. The topological polar surface area (TPSA) is 290 Å². The van der Waals surface area contributed by atoms with Crippen molar-refractivity contribution in [3.63, 3.8) is 0 Å². The first-order chi connectivity index (χ1) is 50.1. The summed E-state index contributed by atoms with van der Waals surface area (Å²) in [5.74, 6) is -3.23. The van der Waals surface area contributed by atoms with Gasteiger partial charge >= 0.3 is 0 Å². The van der Waals surface area contributed by atoms with E-state index in [1.165, 1.54) is 42.7 Å². The molecule has 32 heteroatoms. The third-order valence-electron chi connectivity index (χ3n) is 17.1. The van der Waals surface area contributed by atoms with Crippen LogP contribution in [0.5, 0.6) is 0 Å². The number of aromatic amines is 5. The van der Waals surface area contributed by atoms with Gasteiger partial charge in [-0.05, 0) is 125 Å². The molecule has 6 aromatic heterocycles. The predicted molar refractivity (Wildman–Crippen MR) is 404 cm³/mol. The van der Waals surface area contributed by atoms with Crippen molar-refractivity contribution in [1.82, 2.24) is 75.7 Å². The van der Waals surface area contributed by atoms with Crippen LogP contribution in [0.1, 0.15) is 110 Å². The minimum absolute atomic E-state index is 0.0160. The maximum atomic E-state index is 15.3. The highest BCUT2D eigenvalue weighted by Crippen LogP contribution is 2.35. The number of tetrazole rings is 1. The maximum absolute atomic E-state index is 15.3. The molecular formula is C72H57Br3Cl3F4N17O4S. The zero-order chi connectivity index (χ0) is 73.5. The summed E-state index contributed by atoms with van der Waals surface area (Å²) in [5.41, 5.74) is 10.5. The number of imidazole rings is 4. The Morgan fingerprint density at radius 2 is 0.952 bits per heavy atom. The van der Waals surface area contributed by atoms with Crippen LogP contribution in [0.25, 0.3) is 44.1 Å². The highest BCUT2D eigenvalue weighted by atomic mass is 79.9. The van der Waals surface area contributed by atoms with Crippen molar-refractivity contribution >= 4 is 173 Å². The first-order valence-electron chi connectivity index (χ1n) is 31.9. The number of aryl methyl sites for hydroxylation is 2. The van der Waals surface area contributed by atoms with Gasteiger partial charge < -0.3 is 30.2 Å². The summed E-state index contributed by atoms with van der Waals surface area (Å²) in [6.07, 6.45) is 8.51. The third-order valence-corrected chi connectivity index (χ3v) is 20.2. The van der Waals surface area contributed by atoms with Crippen LogP contribution in [0, 0.1) is 37.1 Å². The Bertz CT molecular complexity index is 5380. The van der Waals surface area contributed by atoms with Crippen molar-refractivity contribution in [3.8, 4) is 0 Å². The molecule has 1 saturated heterocycles. The van der Waals surface area contributed by atoms with Crippen LogP contribution in [0.2, 0.25) is 15.1 Å². The zero-order valence-electron chi connectivity index (χ0n) is 54.9. The second-order valence-corrected chi connectivity index (χ2v) is 28.6. The third kappa shape index (κ3) is 16.8. The lowest BCUT2D eigenvalue weighted by Crippen LogP contribution is -2.46. The Balaban J connectivity index is 0.000000131. The number of hydrogen-bond donors (Lipinski definition) is 8. The summed E-state index contributed by atoms with van der Waals surface area (Å²) in [7, 11) is 0. The van der Waals surface area contributed by atoms with Crippen molar-refractivity contribution in [1.29, 1.82) is 0 Å². The number of H-pyrrole nitrogens is 5. The number of piperazine rings is 1. The van der Waals surface area contributed by atoms with E-state index in [0.29, 0.717) is 108 Å². The van der Waals surface area contributed by atoms with Crippen molar-refractivity contribution in [3.05, 3.63) is 264 Å². The quantitative estimate of drug-likeness (QED) is 0.0350. The van der Waals surface area contributed by atoms with Crippen LogP contribution < -0.4 is 16.0 Å². The summed E-state index contributed by atoms with van der Waals surface area (Å²) in [5, 5.41) is 25.1. The molecule has 1 aliphatic heterocycles. The number of nitrogens with zero attached hydrogens (tertiary/aromatic N) is 9. The number of aromatic nitrogens is 13. The number of benzene rings is 8. The Morgan fingerprint density at radius 3 is 1.39 bits per heavy atom. The molecule has 3 amide bonds. The molecule has 15 rings (SSSR count). The predicted octanol–water partition coefficient (Wildman–Crippen LogP) is 17.1. The highest BCUT2D eigenvalue weighted by molar-refractivity contribution is 9.11. The van der Waals surface area contributed by atoms with E-state index in [4.69, 9.17) is 34.8 Å². The molecule has 1 fully saturated rings. The lowest BCUT2D eigenvalue weighted by molar-refractivity contribution is 0.0733. The molecule has 0 unspecified atom stereocenters. The van der Waals surface area contributed by atoms with Crippen molar-refractivity contribution in [2.24, 2.45) is 0 Å². The minimum atomic E-state index is -0.592. The molecule has 0 saturated carbocycles. The fourth-order valence-electron chi connectivity index (χ4n) is 11.7. The standard InChI is InChI=1S/C20H20BrFN4O.C18H11BrClFN4OS.C18H16ClFN2O.C16H10BrClFN7O/c1-12-8-14(21)3-2-13(12)9-15-16(20(27)26-6-4-23-5-7-26)10-17-19(18(15)22)25-11-24-17;19-10-2-1-9(13(20)6-10)5-11-12(17(26)25-18-22-3-4-27-18)7-14-16(15(11)21)24-8-23-14;1-3-16(23)13-8-15-18(22-9-21-15)17(20)14(13)7-11-4-5-12(19)6-10(11)2;17-8-2-1-7(11(18)4-8)3-9-10(15(27)22-16-23-25-26-24-16)5-12-14(13(9)19)21-6-20-12/h2-3,8,10-11,23H,4-7,9H2,1H3,(H,24,25);1-4,6-8H,5H2,(H,23,24)(H,22,25,26);4-6,8-9H,3,7H2,1-2H3,(H,21,22);1-2,4-6H,3H2,(H,20,21)(H2,22,23,24,25,26,27). The van der Waals surface area contributed by atoms with E-state index in [9.17, 15) is 23.6 Å². The molecule has 8 N–H and O–H groups in total. The largest absolute Gasteiger partial charge is 0.344 e. The van der Waals surface area contributed by atoms with Crippen molar-refractivity contribution < 1.29 is 36.7 Å². The van der Waals surface area contributed by atoms with Crippen LogP contribution in [0.3, 0.4) is 0 Å². The second kappa shape index (κ2) is 33.0. The number of anilines is 2. The van der Waals surface area contributed by atoms with E-state index in [1.54, 1.807) is 78.0 Å². The summed E-state index contributed by atoms with van der Waals surface area (Å²) in [4.78, 5) is 84.3. The van der Waals surface area contributed by atoms with Gasteiger partial charge in [0.05, 0.1) is 47.4 Å². The van der Waals surface area contributed by atoms with Gasteiger partial charge in [-0.25, -0.2) is 42.5 Å². The number of fused-ring (bicyclic) bond motifs is 4. The van der Waals surface area contributed by atoms with Gasteiger partial charge in [0.15, 0.2) is 34.2 Å². The van der Waals surface area contributed by atoms with E-state index in [0.717, 1.165) is 48.8 Å². The van der Waals surface area contributed by atoms with Crippen LogP contribution in [0.15, 0.2) is 147 Å². The fraction of sp³-hybridized carbons (Fsp3) is 0.167. The Labute approximate surface area is 633 Å². The number of amides is 3. The molecule has 14 aromatic rings. The molecular weight excluding hydrogens is 1620 g/mol. The molecule has 0 bridgehead atoms. The van der Waals surface area contributed by atoms with Gasteiger partial charge in [-0.3, -0.25) is 29.8 Å². The van der Waals surface area contributed by atoms with Gasteiger partial charge in [0.25, 0.3) is 23.7 Å².